The summed E-state index contributed by atoms with van der Waals surface area (Å²) in [5.41, 5.74) is 7.76. The zero-order valence-corrected chi connectivity index (χ0v) is 19.3. The average Bonchev–Trinajstić information content (AvgIpc) is 2.78. The fourth-order valence-corrected chi connectivity index (χ4v) is 4.19. The van der Waals surface area contributed by atoms with Crippen LogP contribution in [0.1, 0.15) is 5.56 Å². The smallest absolute Gasteiger partial charge is 0.244 e. The molecule has 3 aromatic carbocycles. The van der Waals surface area contributed by atoms with Crippen LogP contribution in [0.25, 0.3) is 0 Å². The largest absolute Gasteiger partial charge is 0.497 e. The Kier molecular flexibility index (Phi) is 7.12. The van der Waals surface area contributed by atoms with Gasteiger partial charge in [0.15, 0.2) is 0 Å². The number of nitrogens with two attached hydrogens (primary N) is 1. The van der Waals surface area contributed by atoms with Gasteiger partial charge in [0.2, 0.25) is 10.0 Å². The molecule has 0 fully saturated rings. The van der Waals surface area contributed by atoms with Gasteiger partial charge in [-0.1, -0.05) is 12.1 Å². The highest BCUT2D eigenvalue weighted by atomic mass is 32.2. The Morgan fingerprint density at radius 2 is 1.69 bits per heavy atom. The lowest BCUT2D eigenvalue weighted by Gasteiger charge is -2.16. The van der Waals surface area contributed by atoms with Gasteiger partial charge in [-0.2, -0.15) is 0 Å². The van der Waals surface area contributed by atoms with Gasteiger partial charge in [0.1, 0.15) is 27.9 Å². The Morgan fingerprint density at radius 1 is 0.906 bits per heavy atom. The van der Waals surface area contributed by atoms with Crippen LogP contribution in [0.4, 0.5) is 11.4 Å². The second-order valence-electron chi connectivity index (χ2n) is 7.20. The number of nitrogen functional groups attached to an aromatic ring is 1. The molecule has 9 heteroatoms. The maximum atomic E-state index is 13.1. The SMILES string of the molecule is COc1ccc(CNS(=O)(=O)c2cc(N)ccc2Oc2cccc(N(C)C)c2)c(OC)c1. The van der Waals surface area contributed by atoms with Crippen LogP contribution in [0.5, 0.6) is 23.0 Å². The summed E-state index contributed by atoms with van der Waals surface area (Å²) < 4.78 is 45.3. The number of rotatable bonds is 9. The van der Waals surface area contributed by atoms with Crippen molar-refractivity contribution in [1.29, 1.82) is 0 Å². The predicted molar refractivity (Wildman–Crippen MR) is 125 cm³/mol. The molecule has 3 aromatic rings. The van der Waals surface area contributed by atoms with Crippen LogP contribution in [0.15, 0.2) is 65.6 Å². The van der Waals surface area contributed by atoms with E-state index in [4.69, 9.17) is 19.9 Å². The number of sulfonamides is 1. The molecule has 32 heavy (non-hydrogen) atoms. The molecule has 0 aliphatic carbocycles. The quantitative estimate of drug-likeness (QED) is 0.473. The van der Waals surface area contributed by atoms with E-state index in [1.807, 2.05) is 37.2 Å². The molecule has 0 unspecified atom stereocenters. The lowest BCUT2D eigenvalue weighted by atomic mass is 10.2. The van der Waals surface area contributed by atoms with Crippen molar-refractivity contribution in [3.8, 4) is 23.0 Å². The number of methoxy groups -OCH3 is 2. The van der Waals surface area contributed by atoms with Crippen molar-refractivity contribution < 1.29 is 22.6 Å². The van der Waals surface area contributed by atoms with Crippen LogP contribution < -0.4 is 29.6 Å². The molecule has 0 heterocycles. The van der Waals surface area contributed by atoms with Crippen LogP contribution in [0, 0.1) is 0 Å². The van der Waals surface area contributed by atoms with Crippen molar-refractivity contribution in [3.05, 3.63) is 66.2 Å². The summed E-state index contributed by atoms with van der Waals surface area (Å²) in [7, 11) is 2.93. The predicted octanol–water partition coefficient (Wildman–Crippen LogP) is 3.62. The zero-order chi connectivity index (χ0) is 23.3. The molecule has 0 amide bonds. The van der Waals surface area contributed by atoms with E-state index >= 15 is 0 Å². The molecule has 0 spiro atoms. The molecule has 170 valence electrons. The van der Waals surface area contributed by atoms with Crippen molar-refractivity contribution in [2.75, 3.05) is 38.9 Å². The highest BCUT2D eigenvalue weighted by molar-refractivity contribution is 7.89. The van der Waals surface area contributed by atoms with Gasteiger partial charge in [-0.05, 0) is 36.4 Å². The Morgan fingerprint density at radius 3 is 2.38 bits per heavy atom. The first-order chi connectivity index (χ1) is 15.2. The summed E-state index contributed by atoms with van der Waals surface area (Å²) in [6, 6.07) is 17.0. The molecule has 0 atom stereocenters. The number of anilines is 2. The second-order valence-corrected chi connectivity index (χ2v) is 8.94. The summed E-state index contributed by atoms with van der Waals surface area (Å²) in [4.78, 5) is 1.87. The van der Waals surface area contributed by atoms with Gasteiger partial charge in [0.25, 0.3) is 0 Å². The molecule has 0 saturated heterocycles. The highest BCUT2D eigenvalue weighted by Gasteiger charge is 2.21. The molecule has 8 nitrogen and oxygen atoms in total. The monoisotopic (exact) mass is 457 g/mol. The van der Waals surface area contributed by atoms with Gasteiger partial charge in [-0.25, -0.2) is 13.1 Å². The zero-order valence-electron chi connectivity index (χ0n) is 18.5. The third-order valence-electron chi connectivity index (χ3n) is 4.77. The Labute approximate surface area is 188 Å². The topological polar surface area (TPSA) is 103 Å². The van der Waals surface area contributed by atoms with E-state index in [1.54, 1.807) is 43.5 Å². The molecule has 0 aliphatic rings. The van der Waals surface area contributed by atoms with Crippen LogP contribution in [0.2, 0.25) is 0 Å². The molecule has 0 aliphatic heterocycles. The Bertz CT molecular complexity index is 1200. The van der Waals surface area contributed by atoms with Crippen LogP contribution in [-0.2, 0) is 16.6 Å². The second kappa shape index (κ2) is 9.80. The van der Waals surface area contributed by atoms with E-state index in [0.29, 0.717) is 28.5 Å². The lowest BCUT2D eigenvalue weighted by molar-refractivity contribution is 0.390. The number of nitrogens with one attached hydrogen (secondary N) is 1. The number of hydrogen-bond donors (Lipinski definition) is 2. The third kappa shape index (κ3) is 5.43. The van der Waals surface area contributed by atoms with E-state index < -0.39 is 10.0 Å². The van der Waals surface area contributed by atoms with Gasteiger partial charge in [-0.3, -0.25) is 0 Å². The Hall–Kier alpha value is -3.43. The van der Waals surface area contributed by atoms with Gasteiger partial charge in [0.05, 0.1) is 14.2 Å². The molecule has 0 radical (unpaired) electrons. The minimum atomic E-state index is -3.95. The van der Waals surface area contributed by atoms with Crippen LogP contribution >= 0.6 is 0 Å². The van der Waals surface area contributed by atoms with Crippen LogP contribution in [0.3, 0.4) is 0 Å². The highest BCUT2D eigenvalue weighted by Crippen LogP contribution is 2.32. The maximum absolute atomic E-state index is 13.1. The van der Waals surface area contributed by atoms with E-state index in [0.717, 1.165) is 5.69 Å². The van der Waals surface area contributed by atoms with Gasteiger partial charge >= 0.3 is 0 Å². The molecular weight excluding hydrogens is 430 g/mol. The number of benzene rings is 3. The molecule has 3 N–H and O–H groups in total. The maximum Gasteiger partial charge on any atom is 0.244 e. The number of ether oxygens (including phenoxy) is 3. The number of hydrogen-bond acceptors (Lipinski definition) is 7. The normalized spacial score (nSPS) is 11.1. The first-order valence-electron chi connectivity index (χ1n) is 9.79. The summed E-state index contributed by atoms with van der Waals surface area (Å²) in [6.45, 7) is 0.0137. The Balaban J connectivity index is 1.88. The van der Waals surface area contributed by atoms with Crippen molar-refractivity contribution >= 4 is 21.4 Å². The van der Waals surface area contributed by atoms with E-state index in [1.165, 1.54) is 13.2 Å². The number of nitrogens with zero attached hydrogens (tertiary/aromatic N) is 1. The molecular formula is C23H27N3O5S. The van der Waals surface area contributed by atoms with Crippen molar-refractivity contribution in [1.82, 2.24) is 4.72 Å². The van der Waals surface area contributed by atoms with E-state index in [-0.39, 0.29) is 17.2 Å². The average molecular weight is 458 g/mol. The first kappa shape index (κ1) is 23.2. The summed E-state index contributed by atoms with van der Waals surface area (Å²) in [5.74, 6) is 1.80. The van der Waals surface area contributed by atoms with Crippen molar-refractivity contribution in [3.63, 3.8) is 0 Å². The van der Waals surface area contributed by atoms with Gasteiger partial charge < -0.3 is 24.8 Å². The van der Waals surface area contributed by atoms with Gasteiger partial charge in [-0.15, -0.1) is 0 Å². The third-order valence-corrected chi connectivity index (χ3v) is 6.19. The fraction of sp³-hybridized carbons (Fsp3) is 0.217. The van der Waals surface area contributed by atoms with E-state index in [2.05, 4.69) is 4.72 Å². The first-order valence-corrected chi connectivity index (χ1v) is 11.3. The molecule has 0 bridgehead atoms. The standard InChI is InChI=1S/C23H27N3O5S/c1-26(2)18-6-5-7-20(13-18)31-21-11-9-17(24)12-23(21)32(27,28)25-15-16-8-10-19(29-3)14-22(16)30-4/h5-14,25H,15,24H2,1-4H3. The lowest BCUT2D eigenvalue weighted by Crippen LogP contribution is -2.24. The molecule has 0 saturated carbocycles. The summed E-state index contributed by atoms with van der Waals surface area (Å²) in [6.07, 6.45) is 0. The fourth-order valence-electron chi connectivity index (χ4n) is 3.02. The molecule has 3 rings (SSSR count). The minimum Gasteiger partial charge on any atom is -0.497 e. The minimum absolute atomic E-state index is 0.0137. The summed E-state index contributed by atoms with van der Waals surface area (Å²) in [5, 5.41) is 0. The van der Waals surface area contributed by atoms with Crippen LogP contribution in [-0.4, -0.2) is 36.7 Å². The van der Waals surface area contributed by atoms with E-state index in [9.17, 15) is 8.42 Å². The van der Waals surface area contributed by atoms with Gasteiger partial charge in [0, 0.05) is 49.7 Å². The molecule has 0 aromatic heterocycles. The van der Waals surface area contributed by atoms with Crippen molar-refractivity contribution in [2.24, 2.45) is 0 Å². The van der Waals surface area contributed by atoms with Crippen molar-refractivity contribution in [2.45, 2.75) is 11.4 Å². The summed E-state index contributed by atoms with van der Waals surface area (Å²) >= 11 is 0.